The molecule has 4 aromatic rings. The first-order valence-corrected chi connectivity index (χ1v) is 7.45. The summed E-state index contributed by atoms with van der Waals surface area (Å²) < 4.78 is 41.5. The number of rotatable bonds is 2. The fourth-order valence-corrected chi connectivity index (χ4v) is 2.76. The van der Waals surface area contributed by atoms with Crippen molar-refractivity contribution in [1.82, 2.24) is 14.8 Å². The van der Waals surface area contributed by atoms with Gasteiger partial charge in [0.2, 0.25) is 0 Å². The van der Waals surface area contributed by atoms with Crippen LogP contribution in [-0.2, 0) is 6.18 Å². The molecule has 130 valence electrons. The first-order valence-electron chi connectivity index (χ1n) is 7.45. The van der Waals surface area contributed by atoms with E-state index in [2.05, 4.69) is 10.1 Å². The summed E-state index contributed by atoms with van der Waals surface area (Å²) in [5.74, 6) is 0. The number of halogens is 3. The summed E-state index contributed by atoms with van der Waals surface area (Å²) in [4.78, 5) is 14.6. The zero-order valence-corrected chi connectivity index (χ0v) is 12.9. The van der Waals surface area contributed by atoms with Crippen molar-refractivity contribution in [1.29, 1.82) is 0 Å². The molecule has 0 aliphatic carbocycles. The number of pyridine rings is 1. The highest BCUT2D eigenvalue weighted by Crippen LogP contribution is 2.36. The van der Waals surface area contributed by atoms with E-state index in [0.29, 0.717) is 11.2 Å². The second-order valence-corrected chi connectivity index (χ2v) is 5.59. The highest BCUT2D eigenvalue weighted by Gasteiger charge is 2.37. The predicted octanol–water partition coefficient (Wildman–Crippen LogP) is 4.50. The van der Waals surface area contributed by atoms with Crippen LogP contribution in [0.5, 0.6) is 0 Å². The number of aromatic nitrogens is 3. The van der Waals surface area contributed by atoms with Crippen molar-refractivity contribution < 1.29 is 18.1 Å². The van der Waals surface area contributed by atoms with Gasteiger partial charge < -0.3 is 0 Å². The van der Waals surface area contributed by atoms with E-state index in [9.17, 15) is 23.3 Å². The van der Waals surface area contributed by atoms with E-state index in [-0.39, 0.29) is 22.1 Å². The maximum Gasteiger partial charge on any atom is 0.435 e. The zero-order chi connectivity index (χ0) is 18.5. The maximum absolute atomic E-state index is 13.4. The second-order valence-electron chi connectivity index (χ2n) is 5.59. The Labute approximate surface area is 143 Å². The van der Waals surface area contributed by atoms with E-state index in [1.165, 1.54) is 24.3 Å². The summed E-state index contributed by atoms with van der Waals surface area (Å²) in [5, 5.41) is 14.6. The van der Waals surface area contributed by atoms with Gasteiger partial charge in [-0.3, -0.25) is 10.1 Å². The largest absolute Gasteiger partial charge is 0.435 e. The third-order valence-corrected chi connectivity index (χ3v) is 3.91. The summed E-state index contributed by atoms with van der Waals surface area (Å²) in [6.45, 7) is 0. The summed E-state index contributed by atoms with van der Waals surface area (Å²) in [5.41, 5.74) is -0.500. The normalized spacial score (nSPS) is 12.0. The molecule has 0 bridgehead atoms. The average molecular weight is 358 g/mol. The Hall–Kier alpha value is -3.49. The number of para-hydroxylation sites is 1. The number of hydrogen-bond donors (Lipinski definition) is 0. The van der Waals surface area contributed by atoms with Crippen LogP contribution in [0.1, 0.15) is 5.69 Å². The van der Waals surface area contributed by atoms with E-state index in [0.717, 1.165) is 4.68 Å². The number of non-ortho nitro benzene ring substituents is 1. The molecule has 6 nitrogen and oxygen atoms in total. The topological polar surface area (TPSA) is 73.8 Å². The minimum Gasteiger partial charge on any atom is -0.258 e. The lowest BCUT2D eigenvalue weighted by molar-refractivity contribution is -0.384. The van der Waals surface area contributed by atoms with Gasteiger partial charge in [0, 0.05) is 17.5 Å². The molecule has 0 atom stereocenters. The number of benzene rings is 2. The SMILES string of the molecule is O=[N+]([O-])c1ccc2nc3c(cc2c1)c(C(F)(F)F)nn3-c1ccccc1. The Morgan fingerprint density at radius 2 is 1.77 bits per heavy atom. The molecule has 2 aromatic heterocycles. The number of nitro groups is 1. The van der Waals surface area contributed by atoms with E-state index >= 15 is 0 Å². The molecule has 0 aliphatic rings. The van der Waals surface area contributed by atoms with Crippen LogP contribution < -0.4 is 0 Å². The molecule has 0 unspecified atom stereocenters. The van der Waals surface area contributed by atoms with E-state index < -0.39 is 16.8 Å². The van der Waals surface area contributed by atoms with Gasteiger partial charge in [0.15, 0.2) is 11.3 Å². The van der Waals surface area contributed by atoms with Crippen LogP contribution in [0, 0.1) is 10.1 Å². The fourth-order valence-electron chi connectivity index (χ4n) is 2.76. The van der Waals surface area contributed by atoms with Gasteiger partial charge >= 0.3 is 6.18 Å². The summed E-state index contributed by atoms with van der Waals surface area (Å²) in [6, 6.07) is 13.4. The van der Waals surface area contributed by atoms with Crippen molar-refractivity contribution in [2.75, 3.05) is 0 Å². The van der Waals surface area contributed by atoms with Crippen LogP contribution in [0.25, 0.3) is 27.6 Å². The van der Waals surface area contributed by atoms with E-state index in [4.69, 9.17) is 0 Å². The van der Waals surface area contributed by atoms with Gasteiger partial charge in [0.05, 0.1) is 21.5 Å². The number of nitro benzene ring substituents is 1. The van der Waals surface area contributed by atoms with Crippen molar-refractivity contribution in [3.8, 4) is 5.69 Å². The molecule has 0 radical (unpaired) electrons. The Morgan fingerprint density at radius 1 is 1.04 bits per heavy atom. The van der Waals surface area contributed by atoms with Crippen molar-refractivity contribution in [3.05, 3.63) is 70.4 Å². The molecule has 0 saturated heterocycles. The van der Waals surface area contributed by atoms with Gasteiger partial charge in [-0.05, 0) is 24.3 Å². The molecule has 0 N–H and O–H groups in total. The summed E-state index contributed by atoms with van der Waals surface area (Å²) in [7, 11) is 0. The third kappa shape index (κ3) is 2.53. The standard InChI is InChI=1S/C17H9F3N4O2/c18-17(19,20)15-13-9-10-8-12(24(25)26)6-7-14(10)21-16(13)23(22-15)11-4-2-1-3-5-11/h1-9H. The van der Waals surface area contributed by atoms with Crippen LogP contribution in [0.3, 0.4) is 0 Å². The first kappa shape index (κ1) is 16.0. The number of hydrogen-bond acceptors (Lipinski definition) is 4. The van der Waals surface area contributed by atoms with Gasteiger partial charge in [-0.25, -0.2) is 9.67 Å². The number of fused-ring (bicyclic) bond motifs is 2. The van der Waals surface area contributed by atoms with E-state index in [1.807, 2.05) is 0 Å². The number of alkyl halides is 3. The zero-order valence-electron chi connectivity index (χ0n) is 12.9. The summed E-state index contributed by atoms with van der Waals surface area (Å²) in [6.07, 6.45) is -4.69. The lowest BCUT2D eigenvalue weighted by atomic mass is 10.1. The Morgan fingerprint density at radius 3 is 2.42 bits per heavy atom. The second kappa shape index (κ2) is 5.51. The molecule has 2 heterocycles. The van der Waals surface area contributed by atoms with Gasteiger partial charge in [-0.15, -0.1) is 0 Å². The minimum absolute atomic E-state index is 0.0323. The molecular formula is C17H9F3N4O2. The van der Waals surface area contributed by atoms with Gasteiger partial charge in [0.1, 0.15) is 0 Å². The average Bonchev–Trinajstić information content (AvgIpc) is 2.98. The van der Waals surface area contributed by atoms with Crippen LogP contribution in [0.4, 0.5) is 18.9 Å². The highest BCUT2D eigenvalue weighted by molar-refractivity contribution is 5.94. The molecule has 0 amide bonds. The number of nitrogens with zero attached hydrogens (tertiary/aromatic N) is 4. The Bertz CT molecular complexity index is 1150. The Kier molecular flexibility index (Phi) is 3.39. The van der Waals surface area contributed by atoms with Crippen LogP contribution in [-0.4, -0.2) is 19.7 Å². The molecule has 0 fully saturated rings. The van der Waals surface area contributed by atoms with Crippen molar-refractivity contribution in [2.45, 2.75) is 6.18 Å². The third-order valence-electron chi connectivity index (χ3n) is 3.91. The molecule has 26 heavy (non-hydrogen) atoms. The molecule has 0 saturated carbocycles. The first-order chi connectivity index (χ1) is 12.3. The predicted molar refractivity (Wildman–Crippen MR) is 88.0 cm³/mol. The van der Waals surface area contributed by atoms with Crippen molar-refractivity contribution >= 4 is 27.6 Å². The molecule has 0 aliphatic heterocycles. The van der Waals surface area contributed by atoms with E-state index in [1.54, 1.807) is 30.3 Å². The smallest absolute Gasteiger partial charge is 0.258 e. The maximum atomic E-state index is 13.4. The van der Waals surface area contributed by atoms with Crippen LogP contribution in [0.15, 0.2) is 54.6 Å². The van der Waals surface area contributed by atoms with Crippen molar-refractivity contribution in [2.24, 2.45) is 0 Å². The lowest BCUT2D eigenvalue weighted by Crippen LogP contribution is -2.07. The molecule has 2 aromatic carbocycles. The minimum atomic E-state index is -4.69. The van der Waals surface area contributed by atoms with Gasteiger partial charge in [-0.2, -0.15) is 18.3 Å². The molecule has 4 rings (SSSR count). The highest BCUT2D eigenvalue weighted by atomic mass is 19.4. The van der Waals surface area contributed by atoms with Crippen molar-refractivity contribution in [3.63, 3.8) is 0 Å². The molecule has 0 spiro atoms. The summed E-state index contributed by atoms with van der Waals surface area (Å²) >= 11 is 0. The Balaban J connectivity index is 2.08. The van der Waals surface area contributed by atoms with Crippen LogP contribution >= 0.6 is 0 Å². The fraction of sp³-hybridized carbons (Fsp3) is 0.0588. The van der Waals surface area contributed by atoms with Crippen LogP contribution in [0.2, 0.25) is 0 Å². The monoisotopic (exact) mass is 358 g/mol. The molecule has 9 heteroatoms. The molecular weight excluding hydrogens is 349 g/mol. The van der Waals surface area contributed by atoms with Gasteiger partial charge in [-0.1, -0.05) is 18.2 Å². The lowest BCUT2D eigenvalue weighted by Gasteiger charge is -2.03. The van der Waals surface area contributed by atoms with Gasteiger partial charge in [0.25, 0.3) is 5.69 Å². The quantitative estimate of drug-likeness (QED) is 0.391.